The molecule has 4 rings (SSSR count). The highest BCUT2D eigenvalue weighted by Gasteiger charge is 2.72. The first-order valence-electron chi connectivity index (χ1n) is 11.4. The summed E-state index contributed by atoms with van der Waals surface area (Å²) in [5.74, 6) is 0.994. The maximum absolute atomic E-state index is 14.4. The van der Waals surface area contributed by atoms with Crippen LogP contribution in [0, 0.1) is 0 Å². The Morgan fingerprint density at radius 1 is 0.405 bits per heavy atom. The van der Waals surface area contributed by atoms with Gasteiger partial charge in [-0.25, -0.2) is 0 Å². The molecule has 0 aliphatic rings. The van der Waals surface area contributed by atoms with Crippen LogP contribution in [0.3, 0.4) is 0 Å². The van der Waals surface area contributed by atoms with E-state index in [1.165, 1.54) is 0 Å². The van der Waals surface area contributed by atoms with Crippen LogP contribution in [0.4, 0.5) is 26.3 Å². The summed E-state index contributed by atoms with van der Waals surface area (Å²) in [4.78, 5) is 0. The van der Waals surface area contributed by atoms with Crippen molar-refractivity contribution < 1.29 is 35.8 Å². The van der Waals surface area contributed by atoms with Gasteiger partial charge in [0.05, 0.1) is 0 Å². The van der Waals surface area contributed by atoms with Crippen LogP contribution in [0.5, 0.6) is 23.0 Å². The van der Waals surface area contributed by atoms with Crippen molar-refractivity contribution in [2.75, 3.05) is 0 Å². The van der Waals surface area contributed by atoms with E-state index in [9.17, 15) is 26.3 Å². The molecule has 2 nitrogen and oxygen atoms in total. The van der Waals surface area contributed by atoms with Gasteiger partial charge in [-0.05, 0) is 59.7 Å². The number of halogens is 6. The summed E-state index contributed by atoms with van der Waals surface area (Å²) in [6, 6.07) is 24.2. The first kappa shape index (κ1) is 27.6. The maximum Gasteiger partial charge on any atom is 0.411 e. The van der Waals surface area contributed by atoms with Gasteiger partial charge in [-0.2, -0.15) is 26.3 Å². The molecule has 0 bridgehead atoms. The van der Waals surface area contributed by atoms with Crippen molar-refractivity contribution in [3.8, 4) is 23.0 Å². The molecule has 0 saturated heterocycles. The highest BCUT2D eigenvalue weighted by atomic mass is 19.4. The Morgan fingerprint density at radius 2 is 0.676 bits per heavy atom. The van der Waals surface area contributed by atoms with Crippen molar-refractivity contribution in [2.45, 2.75) is 31.6 Å². The zero-order valence-corrected chi connectivity index (χ0v) is 20.0. The highest BCUT2D eigenvalue weighted by Crippen LogP contribution is 2.56. The third kappa shape index (κ3) is 5.90. The molecule has 194 valence electrons. The maximum atomic E-state index is 14.4. The van der Waals surface area contributed by atoms with Crippen molar-refractivity contribution in [1.29, 1.82) is 0 Å². The van der Waals surface area contributed by atoms with E-state index in [1.54, 1.807) is 60.7 Å². The number of benzene rings is 4. The van der Waals surface area contributed by atoms with E-state index in [0.717, 1.165) is 48.5 Å². The lowest BCUT2D eigenvalue weighted by Crippen LogP contribution is -2.54. The second-order valence-corrected chi connectivity index (χ2v) is 7.62. The van der Waals surface area contributed by atoms with Gasteiger partial charge in [-0.1, -0.05) is 74.5 Å². The van der Waals surface area contributed by atoms with Crippen LogP contribution < -0.4 is 9.47 Å². The molecule has 0 aliphatic carbocycles. The second-order valence-electron chi connectivity index (χ2n) is 7.62. The first-order chi connectivity index (χ1) is 17.6. The molecule has 0 saturated carbocycles. The summed E-state index contributed by atoms with van der Waals surface area (Å²) in [6.07, 6.45) is -11.4. The molecule has 0 atom stereocenters. The number of rotatable bonds is 6. The number of para-hydroxylation sites is 2. The van der Waals surface area contributed by atoms with Crippen molar-refractivity contribution in [3.63, 3.8) is 0 Å². The number of ether oxygens (including phenoxy) is 2. The summed E-state index contributed by atoms with van der Waals surface area (Å²) in [5, 5.41) is 0. The van der Waals surface area contributed by atoms with E-state index in [2.05, 4.69) is 0 Å². The molecule has 8 heteroatoms. The third-order valence-corrected chi connectivity index (χ3v) is 5.38. The lowest BCUT2D eigenvalue weighted by atomic mass is 9.73. The lowest BCUT2D eigenvalue weighted by Gasteiger charge is -2.38. The average Bonchev–Trinajstić information content (AvgIpc) is 2.87. The van der Waals surface area contributed by atoms with Gasteiger partial charge in [-0.15, -0.1) is 0 Å². The third-order valence-electron chi connectivity index (χ3n) is 5.38. The van der Waals surface area contributed by atoms with Gasteiger partial charge < -0.3 is 9.47 Å². The predicted molar refractivity (Wildman–Crippen MR) is 130 cm³/mol. The summed E-state index contributed by atoms with van der Waals surface area (Å²) < 4.78 is 97.2. The summed E-state index contributed by atoms with van der Waals surface area (Å²) >= 11 is 0. The van der Waals surface area contributed by atoms with Crippen LogP contribution in [0.15, 0.2) is 109 Å². The van der Waals surface area contributed by atoms with Gasteiger partial charge in [0.1, 0.15) is 23.0 Å². The van der Waals surface area contributed by atoms with Crippen LogP contribution in [0.2, 0.25) is 0 Å². The van der Waals surface area contributed by atoms with Gasteiger partial charge in [-0.3, -0.25) is 0 Å². The molecule has 0 radical (unpaired) electrons. The Bertz CT molecular complexity index is 1130. The Labute approximate surface area is 211 Å². The Kier molecular flexibility index (Phi) is 8.53. The molecule has 0 spiro atoms. The molecule has 0 amide bonds. The molecule has 0 aliphatic heterocycles. The van der Waals surface area contributed by atoms with E-state index in [-0.39, 0.29) is 11.5 Å². The lowest BCUT2D eigenvalue weighted by molar-refractivity contribution is -0.288. The van der Waals surface area contributed by atoms with E-state index < -0.39 is 28.9 Å². The molecule has 0 aromatic heterocycles. The summed E-state index contributed by atoms with van der Waals surface area (Å²) in [6.45, 7) is 4.00. The molecule has 0 fully saturated rings. The highest BCUT2D eigenvalue weighted by molar-refractivity contribution is 5.48. The van der Waals surface area contributed by atoms with Crippen molar-refractivity contribution in [2.24, 2.45) is 0 Å². The topological polar surface area (TPSA) is 18.5 Å². The Balaban J connectivity index is 0.00000186. The summed E-state index contributed by atoms with van der Waals surface area (Å²) in [7, 11) is 0. The number of hydrogen-bond donors (Lipinski definition) is 0. The molecular weight excluding hydrogens is 494 g/mol. The number of hydrogen-bond acceptors (Lipinski definition) is 2. The smallest absolute Gasteiger partial charge is 0.411 e. The van der Waals surface area contributed by atoms with E-state index in [4.69, 9.17) is 9.47 Å². The predicted octanol–water partition coefficient (Wildman–Crippen LogP) is 9.71. The molecule has 0 heterocycles. The molecule has 37 heavy (non-hydrogen) atoms. The van der Waals surface area contributed by atoms with Gasteiger partial charge in [0.2, 0.25) is 5.41 Å². The van der Waals surface area contributed by atoms with Crippen molar-refractivity contribution in [1.82, 2.24) is 0 Å². The largest absolute Gasteiger partial charge is 0.457 e. The first-order valence-corrected chi connectivity index (χ1v) is 11.4. The van der Waals surface area contributed by atoms with Gasteiger partial charge >= 0.3 is 12.4 Å². The van der Waals surface area contributed by atoms with Crippen LogP contribution in [0.1, 0.15) is 25.0 Å². The average molecular weight is 518 g/mol. The Hall–Kier alpha value is -3.94. The van der Waals surface area contributed by atoms with Crippen molar-refractivity contribution >= 4 is 0 Å². The molecule has 0 unspecified atom stereocenters. The van der Waals surface area contributed by atoms with Crippen LogP contribution in [-0.4, -0.2) is 12.4 Å². The monoisotopic (exact) mass is 518 g/mol. The van der Waals surface area contributed by atoms with E-state index in [1.807, 2.05) is 13.8 Å². The zero-order chi connectivity index (χ0) is 27.1. The van der Waals surface area contributed by atoms with E-state index >= 15 is 0 Å². The standard InChI is InChI=1S/C27H18F6O2.C2H6/c28-26(29,30)25(27(31,32)33,19-11-15-23(16-12-19)34-21-7-3-1-4-8-21)20-13-17-24(18-14-20)35-22-9-5-2-6-10-22;1-2/h1-18H;1-2H3. The minimum atomic E-state index is -5.69. The van der Waals surface area contributed by atoms with Crippen molar-refractivity contribution in [3.05, 3.63) is 120 Å². The van der Waals surface area contributed by atoms with Crippen LogP contribution in [0.25, 0.3) is 0 Å². The SMILES string of the molecule is CC.FC(F)(F)C(c1ccc(Oc2ccccc2)cc1)(c1ccc(Oc2ccccc2)cc1)C(F)(F)F. The fraction of sp³-hybridized carbons (Fsp3) is 0.172. The quantitative estimate of drug-likeness (QED) is 0.237. The fourth-order valence-electron chi connectivity index (χ4n) is 3.78. The summed E-state index contributed by atoms with van der Waals surface area (Å²) in [5.41, 5.74) is -6.21. The normalized spacial score (nSPS) is 11.8. The minimum absolute atomic E-state index is 0.102. The molecule has 0 N–H and O–H groups in total. The van der Waals surface area contributed by atoms with Crippen LogP contribution >= 0.6 is 0 Å². The molecular formula is C29H24F6O2. The van der Waals surface area contributed by atoms with Gasteiger partial charge in [0.15, 0.2) is 0 Å². The Morgan fingerprint density at radius 3 is 0.946 bits per heavy atom. The van der Waals surface area contributed by atoms with Gasteiger partial charge in [0, 0.05) is 0 Å². The van der Waals surface area contributed by atoms with E-state index in [0.29, 0.717) is 11.5 Å². The van der Waals surface area contributed by atoms with Gasteiger partial charge in [0.25, 0.3) is 0 Å². The molecule has 4 aromatic carbocycles. The zero-order valence-electron chi connectivity index (χ0n) is 20.0. The number of alkyl halides is 6. The fourth-order valence-corrected chi connectivity index (χ4v) is 3.78. The molecule has 4 aromatic rings. The van der Waals surface area contributed by atoms with Crippen LogP contribution in [-0.2, 0) is 5.41 Å². The second kappa shape index (κ2) is 11.4. The minimum Gasteiger partial charge on any atom is -0.457 e.